The number of carbonyl (C=O) groups is 1. The summed E-state index contributed by atoms with van der Waals surface area (Å²) in [7, 11) is 0. The number of amides is 1. The Hall–Kier alpha value is -2.12. The number of hydrogen-bond donors (Lipinski definition) is 2. The topological polar surface area (TPSA) is 78.1 Å². The van der Waals surface area contributed by atoms with Crippen molar-refractivity contribution in [2.24, 2.45) is 0 Å². The van der Waals surface area contributed by atoms with Crippen molar-refractivity contribution in [3.63, 3.8) is 0 Å². The van der Waals surface area contributed by atoms with Gasteiger partial charge < -0.3 is 10.3 Å². The second-order valence-corrected chi connectivity index (χ2v) is 7.91. The minimum atomic E-state index is -0.149. The lowest BCUT2D eigenvalue weighted by molar-refractivity contribution is -0.121. The highest BCUT2D eigenvalue weighted by Gasteiger charge is 2.23. The number of aromatic nitrogens is 2. The number of thioether (sulfide) groups is 1. The van der Waals surface area contributed by atoms with Gasteiger partial charge >= 0.3 is 0 Å². The van der Waals surface area contributed by atoms with Crippen molar-refractivity contribution in [1.82, 2.24) is 20.2 Å². The molecule has 3 rings (SSSR count). The summed E-state index contributed by atoms with van der Waals surface area (Å²) in [6, 6.07) is 10.5. The molecular formula is C21H28N4O2S. The van der Waals surface area contributed by atoms with Gasteiger partial charge in [-0.25, -0.2) is 4.98 Å². The first-order chi connectivity index (χ1) is 13.6. The molecule has 150 valence electrons. The molecule has 0 saturated carbocycles. The van der Waals surface area contributed by atoms with E-state index in [1.165, 1.54) is 30.2 Å². The van der Waals surface area contributed by atoms with Gasteiger partial charge in [-0.15, -0.1) is 0 Å². The van der Waals surface area contributed by atoms with E-state index >= 15 is 0 Å². The molecule has 6 nitrogen and oxygen atoms in total. The van der Waals surface area contributed by atoms with Gasteiger partial charge in [-0.3, -0.25) is 14.5 Å². The predicted octanol–water partition coefficient (Wildman–Crippen LogP) is 2.69. The first-order valence-electron chi connectivity index (χ1n) is 9.78. The van der Waals surface area contributed by atoms with Crippen LogP contribution in [0.15, 0.2) is 40.3 Å². The van der Waals surface area contributed by atoms with Crippen molar-refractivity contribution >= 4 is 17.7 Å². The maximum atomic E-state index is 12.4. The lowest BCUT2D eigenvalue weighted by Gasteiger charge is -2.28. The third-order valence-electron chi connectivity index (χ3n) is 5.25. The number of aromatic amines is 1. The van der Waals surface area contributed by atoms with Crippen molar-refractivity contribution in [2.45, 2.75) is 43.8 Å². The van der Waals surface area contributed by atoms with Gasteiger partial charge in [0.05, 0.1) is 6.04 Å². The van der Waals surface area contributed by atoms with Crippen LogP contribution in [0.4, 0.5) is 0 Å². The molecule has 1 unspecified atom stereocenters. The van der Waals surface area contributed by atoms with Crippen LogP contribution in [-0.2, 0) is 11.2 Å². The zero-order valence-electron chi connectivity index (χ0n) is 16.5. The quantitative estimate of drug-likeness (QED) is 0.526. The van der Waals surface area contributed by atoms with Crippen LogP contribution in [0, 0.1) is 6.92 Å². The minimum absolute atomic E-state index is 0.0344. The molecule has 1 aliphatic rings. The van der Waals surface area contributed by atoms with Crippen LogP contribution in [0.5, 0.6) is 0 Å². The molecule has 0 spiro atoms. The number of likely N-dealkylation sites (tertiary alicyclic amines) is 1. The normalized spacial score (nSPS) is 15.5. The van der Waals surface area contributed by atoms with Crippen LogP contribution in [0.1, 0.15) is 42.1 Å². The van der Waals surface area contributed by atoms with E-state index in [4.69, 9.17) is 0 Å². The SMILES string of the molecule is CSc1nc(C)c(CCC(=O)NCC(c2ccccc2)N2CCCC2)c(=O)[nH]1. The Morgan fingerprint density at radius 2 is 2.00 bits per heavy atom. The number of aryl methyl sites for hydroxylation is 1. The summed E-state index contributed by atoms with van der Waals surface area (Å²) in [5, 5.41) is 3.68. The third-order valence-corrected chi connectivity index (χ3v) is 5.83. The second kappa shape index (κ2) is 9.89. The Morgan fingerprint density at radius 1 is 1.29 bits per heavy atom. The molecular weight excluding hydrogens is 372 g/mol. The number of H-pyrrole nitrogens is 1. The van der Waals surface area contributed by atoms with E-state index in [0.29, 0.717) is 29.4 Å². The Labute approximate surface area is 170 Å². The molecule has 2 heterocycles. The maximum absolute atomic E-state index is 12.4. The summed E-state index contributed by atoms with van der Waals surface area (Å²) in [6.07, 6.45) is 4.96. The van der Waals surface area contributed by atoms with Crippen LogP contribution in [0.2, 0.25) is 0 Å². The summed E-state index contributed by atoms with van der Waals surface area (Å²) in [5.41, 5.74) is 2.37. The maximum Gasteiger partial charge on any atom is 0.254 e. The van der Waals surface area contributed by atoms with Crippen molar-refractivity contribution in [3.8, 4) is 0 Å². The van der Waals surface area contributed by atoms with E-state index in [-0.39, 0.29) is 23.9 Å². The molecule has 1 aliphatic heterocycles. The molecule has 0 aliphatic carbocycles. The molecule has 2 aromatic rings. The summed E-state index contributed by atoms with van der Waals surface area (Å²) in [6.45, 7) is 4.54. The van der Waals surface area contributed by atoms with Crippen LogP contribution in [0.3, 0.4) is 0 Å². The van der Waals surface area contributed by atoms with Gasteiger partial charge in [0.25, 0.3) is 5.56 Å². The van der Waals surface area contributed by atoms with E-state index in [1.54, 1.807) is 0 Å². The summed E-state index contributed by atoms with van der Waals surface area (Å²) < 4.78 is 0. The third kappa shape index (κ3) is 5.23. The summed E-state index contributed by atoms with van der Waals surface area (Å²) >= 11 is 1.40. The zero-order chi connectivity index (χ0) is 19.9. The highest BCUT2D eigenvalue weighted by Crippen LogP contribution is 2.24. The predicted molar refractivity (Wildman–Crippen MR) is 113 cm³/mol. The average Bonchev–Trinajstić information content (AvgIpc) is 3.22. The van der Waals surface area contributed by atoms with Crippen molar-refractivity contribution < 1.29 is 4.79 Å². The molecule has 1 aromatic heterocycles. The molecule has 0 bridgehead atoms. The van der Waals surface area contributed by atoms with Gasteiger partial charge in [0.2, 0.25) is 5.91 Å². The molecule has 1 fully saturated rings. The fourth-order valence-corrected chi connectivity index (χ4v) is 4.12. The Balaban J connectivity index is 1.59. The highest BCUT2D eigenvalue weighted by molar-refractivity contribution is 7.98. The standard InChI is InChI=1S/C21H28N4O2S/c1-15-17(20(27)24-21(23-15)28-2)10-11-19(26)22-14-18(25-12-6-7-13-25)16-8-4-3-5-9-16/h3-5,8-9,18H,6-7,10-14H2,1-2H3,(H,22,26)(H,23,24,27). The zero-order valence-corrected chi connectivity index (χ0v) is 17.3. The molecule has 2 N–H and O–H groups in total. The average molecular weight is 401 g/mol. The van der Waals surface area contributed by atoms with Crippen molar-refractivity contribution in [1.29, 1.82) is 0 Å². The summed E-state index contributed by atoms with van der Waals surface area (Å²) in [4.78, 5) is 34.2. The molecule has 1 amide bonds. The van der Waals surface area contributed by atoms with Gasteiger partial charge in [-0.05, 0) is 51.1 Å². The van der Waals surface area contributed by atoms with Crippen molar-refractivity contribution in [3.05, 3.63) is 57.5 Å². The number of benzene rings is 1. The fourth-order valence-electron chi connectivity index (χ4n) is 3.70. The van der Waals surface area contributed by atoms with Gasteiger partial charge in [0.15, 0.2) is 5.16 Å². The van der Waals surface area contributed by atoms with E-state index in [0.717, 1.165) is 13.1 Å². The minimum Gasteiger partial charge on any atom is -0.354 e. The molecule has 0 radical (unpaired) electrons. The molecule has 7 heteroatoms. The Kier molecular flexibility index (Phi) is 7.28. The lowest BCUT2D eigenvalue weighted by Crippen LogP contribution is -2.37. The van der Waals surface area contributed by atoms with Gasteiger partial charge in [-0.2, -0.15) is 0 Å². The largest absolute Gasteiger partial charge is 0.354 e. The molecule has 28 heavy (non-hydrogen) atoms. The summed E-state index contributed by atoms with van der Waals surface area (Å²) in [5.74, 6) is -0.0344. The molecule has 1 aromatic carbocycles. The first-order valence-corrected chi connectivity index (χ1v) is 11.0. The van der Waals surface area contributed by atoms with Gasteiger partial charge in [0.1, 0.15) is 0 Å². The van der Waals surface area contributed by atoms with Crippen LogP contribution >= 0.6 is 11.8 Å². The van der Waals surface area contributed by atoms with Crippen LogP contribution in [-0.4, -0.2) is 46.7 Å². The van der Waals surface area contributed by atoms with Gasteiger partial charge in [-0.1, -0.05) is 42.1 Å². The second-order valence-electron chi connectivity index (χ2n) is 7.11. The van der Waals surface area contributed by atoms with E-state index < -0.39 is 0 Å². The Morgan fingerprint density at radius 3 is 2.64 bits per heavy atom. The first kappa shape index (κ1) is 20.6. The van der Waals surface area contributed by atoms with Crippen molar-refractivity contribution in [2.75, 3.05) is 25.9 Å². The number of rotatable bonds is 8. The van der Waals surface area contributed by atoms with E-state index in [1.807, 2.05) is 31.4 Å². The molecule has 1 atom stereocenters. The van der Waals surface area contributed by atoms with E-state index in [2.05, 4.69) is 32.3 Å². The van der Waals surface area contributed by atoms with E-state index in [9.17, 15) is 9.59 Å². The number of nitrogens with zero attached hydrogens (tertiary/aromatic N) is 2. The highest BCUT2D eigenvalue weighted by atomic mass is 32.2. The number of nitrogens with one attached hydrogen (secondary N) is 2. The van der Waals surface area contributed by atoms with Crippen LogP contribution < -0.4 is 10.9 Å². The van der Waals surface area contributed by atoms with Crippen LogP contribution in [0.25, 0.3) is 0 Å². The van der Waals surface area contributed by atoms with Gasteiger partial charge in [0, 0.05) is 24.2 Å². The number of hydrogen-bond acceptors (Lipinski definition) is 5. The monoisotopic (exact) mass is 400 g/mol. The lowest BCUT2D eigenvalue weighted by atomic mass is 10.1. The smallest absolute Gasteiger partial charge is 0.254 e. The Bertz CT molecular complexity index is 847. The fraction of sp³-hybridized carbons (Fsp3) is 0.476. The molecule has 1 saturated heterocycles. The number of carbonyl (C=O) groups excluding carboxylic acids is 1.